The van der Waals surface area contributed by atoms with Crippen molar-refractivity contribution in [2.24, 2.45) is 0 Å². The molecule has 1 amide bonds. The smallest absolute Gasteiger partial charge is 0.459 e. The Morgan fingerprint density at radius 3 is 2.63 bits per heavy atom. The average Bonchev–Trinajstić information content (AvgIpc) is 2.28. The van der Waals surface area contributed by atoms with Crippen molar-refractivity contribution in [2.75, 3.05) is 11.9 Å². The fraction of sp³-hybridized carbons (Fsp3) is 0.333. The highest BCUT2D eigenvalue weighted by Crippen LogP contribution is 2.25. The number of carbonyl (C=O) groups is 2. The van der Waals surface area contributed by atoms with Crippen molar-refractivity contribution in [3.05, 3.63) is 24.3 Å². The first-order chi connectivity index (χ1) is 8.85. The number of carbonyl (C=O) groups excluding carboxylic acids is 2. The van der Waals surface area contributed by atoms with Crippen LogP contribution in [0.4, 0.5) is 14.5 Å². The zero-order chi connectivity index (χ0) is 14.5. The molecule has 0 bridgehead atoms. The Morgan fingerprint density at radius 1 is 1.37 bits per heavy atom. The zero-order valence-electron chi connectivity index (χ0n) is 10.4. The highest BCUT2D eigenvalue weighted by atomic mass is 19.3. The molecule has 1 aromatic rings. The Morgan fingerprint density at radius 2 is 2.05 bits per heavy atom. The minimum atomic E-state index is -4.08. The third kappa shape index (κ3) is 4.53. The molecular weight excluding hydrogens is 260 g/mol. The third-order valence-electron chi connectivity index (χ3n) is 1.91. The second-order valence-electron chi connectivity index (χ2n) is 3.55. The maximum absolute atomic E-state index is 13.3. The number of alkyl halides is 2. The highest BCUT2D eigenvalue weighted by molar-refractivity contribution is 5.88. The van der Waals surface area contributed by atoms with Crippen molar-refractivity contribution >= 4 is 17.6 Å². The van der Waals surface area contributed by atoms with Crippen LogP contribution < -0.4 is 10.1 Å². The lowest BCUT2D eigenvalue weighted by Gasteiger charge is -2.16. The van der Waals surface area contributed by atoms with Crippen LogP contribution >= 0.6 is 0 Å². The lowest BCUT2D eigenvalue weighted by Crippen LogP contribution is -2.36. The van der Waals surface area contributed by atoms with Gasteiger partial charge in [-0.25, -0.2) is 4.79 Å². The van der Waals surface area contributed by atoms with Crippen LogP contribution in [-0.4, -0.2) is 24.6 Å². The van der Waals surface area contributed by atoms with Crippen LogP contribution in [0.2, 0.25) is 0 Å². The van der Waals surface area contributed by atoms with E-state index >= 15 is 0 Å². The normalized spacial score (nSPS) is 10.7. The maximum atomic E-state index is 13.3. The Bertz CT molecular complexity index is 477. The number of rotatable bonds is 5. The number of esters is 1. The number of nitrogens with one attached hydrogen (secondary N) is 1. The molecule has 1 rings (SSSR count). The zero-order valence-corrected chi connectivity index (χ0v) is 10.4. The predicted octanol–water partition coefficient (Wildman–Crippen LogP) is 2.18. The molecule has 0 aromatic heterocycles. The molecule has 0 saturated heterocycles. The van der Waals surface area contributed by atoms with Crippen molar-refractivity contribution in [2.45, 2.75) is 20.0 Å². The second-order valence-corrected chi connectivity index (χ2v) is 3.55. The summed E-state index contributed by atoms with van der Waals surface area (Å²) in [7, 11) is 0. The maximum Gasteiger partial charge on any atom is 0.502 e. The molecule has 5 nitrogen and oxygen atoms in total. The Hall–Kier alpha value is -2.18. The fourth-order valence-corrected chi connectivity index (χ4v) is 1.25. The van der Waals surface area contributed by atoms with Gasteiger partial charge in [0.15, 0.2) is 0 Å². The van der Waals surface area contributed by atoms with Gasteiger partial charge in [0, 0.05) is 18.7 Å². The Balaban J connectivity index is 2.81. The molecule has 0 aliphatic carbocycles. The van der Waals surface area contributed by atoms with E-state index in [1.807, 2.05) is 0 Å². The largest absolute Gasteiger partial charge is 0.502 e. The van der Waals surface area contributed by atoms with E-state index < -0.39 is 12.1 Å². The van der Waals surface area contributed by atoms with Crippen molar-refractivity contribution in [1.82, 2.24) is 0 Å². The average molecular weight is 273 g/mol. The summed E-state index contributed by atoms with van der Waals surface area (Å²) in [6, 6.07) is 5.31. The van der Waals surface area contributed by atoms with Gasteiger partial charge in [-0.3, -0.25) is 4.79 Å². The first-order valence-corrected chi connectivity index (χ1v) is 5.47. The molecule has 0 radical (unpaired) electrons. The van der Waals surface area contributed by atoms with Crippen molar-refractivity contribution in [1.29, 1.82) is 0 Å². The van der Waals surface area contributed by atoms with Crippen molar-refractivity contribution in [3.63, 3.8) is 0 Å². The molecule has 0 unspecified atom stereocenters. The van der Waals surface area contributed by atoms with Crippen molar-refractivity contribution in [3.8, 4) is 5.75 Å². The van der Waals surface area contributed by atoms with Crippen LogP contribution in [0.5, 0.6) is 5.75 Å². The number of benzene rings is 1. The fourth-order valence-electron chi connectivity index (χ4n) is 1.25. The number of hydrogen-bond donors (Lipinski definition) is 1. The number of anilines is 1. The van der Waals surface area contributed by atoms with E-state index in [4.69, 9.17) is 0 Å². The first-order valence-electron chi connectivity index (χ1n) is 5.47. The highest BCUT2D eigenvalue weighted by Gasteiger charge is 2.44. The van der Waals surface area contributed by atoms with Gasteiger partial charge in [-0.1, -0.05) is 6.07 Å². The number of halogens is 2. The SMILES string of the molecule is CCOC(=O)C(F)(F)Oc1cccc(NC(C)=O)c1. The molecule has 1 N–H and O–H groups in total. The molecule has 0 spiro atoms. The summed E-state index contributed by atoms with van der Waals surface area (Å²) < 4.78 is 35.1. The van der Waals surface area contributed by atoms with E-state index in [0.717, 1.165) is 0 Å². The summed E-state index contributed by atoms with van der Waals surface area (Å²) in [5, 5.41) is 2.41. The van der Waals surface area contributed by atoms with Crippen LogP contribution in [0.3, 0.4) is 0 Å². The van der Waals surface area contributed by atoms with Gasteiger partial charge < -0.3 is 14.8 Å². The van der Waals surface area contributed by atoms with Gasteiger partial charge in [-0.2, -0.15) is 8.78 Å². The molecule has 0 heterocycles. The van der Waals surface area contributed by atoms with Gasteiger partial charge in [-0.05, 0) is 19.1 Å². The van der Waals surface area contributed by atoms with Gasteiger partial charge in [-0.15, -0.1) is 0 Å². The molecular formula is C12H13F2NO4. The van der Waals surface area contributed by atoms with Gasteiger partial charge in [0.1, 0.15) is 5.75 Å². The minimum absolute atomic E-state index is 0.177. The molecule has 0 fully saturated rings. The predicted molar refractivity (Wildman–Crippen MR) is 63.0 cm³/mol. The van der Waals surface area contributed by atoms with Crippen LogP contribution in [-0.2, 0) is 14.3 Å². The topological polar surface area (TPSA) is 64.6 Å². The van der Waals surface area contributed by atoms with Gasteiger partial charge in [0.2, 0.25) is 5.91 Å². The molecule has 0 saturated carbocycles. The number of ether oxygens (including phenoxy) is 2. The summed E-state index contributed by atoms with van der Waals surface area (Å²) in [6.07, 6.45) is -4.08. The summed E-state index contributed by atoms with van der Waals surface area (Å²) in [6.45, 7) is 2.51. The van der Waals surface area contributed by atoms with E-state index in [1.54, 1.807) is 0 Å². The van der Waals surface area contributed by atoms with Gasteiger partial charge >= 0.3 is 12.1 Å². The quantitative estimate of drug-likeness (QED) is 0.835. The lowest BCUT2D eigenvalue weighted by atomic mass is 10.3. The van der Waals surface area contributed by atoms with Crippen LogP contribution in [0.25, 0.3) is 0 Å². The van der Waals surface area contributed by atoms with Crippen molar-refractivity contribution < 1.29 is 27.8 Å². The summed E-state index contributed by atoms with van der Waals surface area (Å²) in [5.41, 5.74) is 0.282. The minimum Gasteiger partial charge on any atom is -0.459 e. The van der Waals surface area contributed by atoms with E-state index in [9.17, 15) is 18.4 Å². The van der Waals surface area contributed by atoms with Gasteiger partial charge in [0.05, 0.1) is 6.61 Å². The van der Waals surface area contributed by atoms with E-state index in [1.165, 1.54) is 38.1 Å². The Kier molecular flexibility index (Phi) is 4.80. The molecule has 0 aliphatic rings. The standard InChI is InChI=1S/C12H13F2NO4/c1-3-18-11(17)12(13,14)19-10-6-4-5-9(7-10)15-8(2)16/h4-7H,3H2,1-2H3,(H,15,16). The monoisotopic (exact) mass is 273 g/mol. The van der Waals surface area contributed by atoms with E-state index in [-0.39, 0.29) is 24.0 Å². The molecule has 0 atom stereocenters. The molecule has 104 valence electrons. The first kappa shape index (κ1) is 14.9. The third-order valence-corrected chi connectivity index (χ3v) is 1.91. The molecule has 19 heavy (non-hydrogen) atoms. The van der Waals surface area contributed by atoms with Crippen LogP contribution in [0.15, 0.2) is 24.3 Å². The summed E-state index contributed by atoms with van der Waals surface area (Å²) >= 11 is 0. The molecule has 1 aromatic carbocycles. The second kappa shape index (κ2) is 6.12. The van der Waals surface area contributed by atoms with Gasteiger partial charge in [0.25, 0.3) is 0 Å². The molecule has 0 aliphatic heterocycles. The number of hydrogen-bond acceptors (Lipinski definition) is 4. The lowest BCUT2D eigenvalue weighted by molar-refractivity contribution is -0.216. The van der Waals surface area contributed by atoms with Crippen LogP contribution in [0, 0.1) is 0 Å². The van der Waals surface area contributed by atoms with E-state index in [0.29, 0.717) is 0 Å². The van der Waals surface area contributed by atoms with E-state index in [2.05, 4.69) is 14.8 Å². The Labute approximate surface area is 108 Å². The summed E-state index contributed by atoms with van der Waals surface area (Å²) in [4.78, 5) is 21.8. The number of amides is 1. The van der Waals surface area contributed by atoms with Crippen LogP contribution in [0.1, 0.15) is 13.8 Å². The summed E-state index contributed by atoms with van der Waals surface area (Å²) in [5.74, 6) is -2.38. The molecule has 7 heteroatoms.